The van der Waals surface area contributed by atoms with Crippen molar-refractivity contribution in [1.29, 1.82) is 0 Å². The van der Waals surface area contributed by atoms with Gasteiger partial charge in [-0.2, -0.15) is 0 Å². The summed E-state index contributed by atoms with van der Waals surface area (Å²) in [5, 5.41) is 9.66. The summed E-state index contributed by atoms with van der Waals surface area (Å²) < 4.78 is 0. The van der Waals surface area contributed by atoms with E-state index in [9.17, 15) is 9.90 Å². The summed E-state index contributed by atoms with van der Waals surface area (Å²) in [4.78, 5) is 14.9. The van der Waals surface area contributed by atoms with E-state index in [0.717, 1.165) is 14.7 Å². The van der Waals surface area contributed by atoms with Crippen molar-refractivity contribution in [3.8, 4) is 0 Å². The molecule has 3 heteroatoms. The second-order valence-electron chi connectivity index (χ2n) is 7.19. The lowest BCUT2D eigenvalue weighted by Gasteiger charge is -2.19. The van der Waals surface area contributed by atoms with Crippen molar-refractivity contribution in [2.24, 2.45) is 0 Å². The number of carboxylic acids is 1. The van der Waals surface area contributed by atoms with Crippen molar-refractivity contribution in [2.75, 3.05) is 0 Å². The maximum absolute atomic E-state index is 11.8. The molecule has 0 saturated heterocycles. The Kier molecular flexibility index (Phi) is 5.19. The standard InChI is InChI=1S/C23H22O2S/c1-23(2,3)17-13-15-19(16-14-17)26(18-9-5-4-6-10-18)21-12-8-7-11-20(21)22(24)25/h4-16H,1-3H3/p+1. The van der Waals surface area contributed by atoms with Crippen LogP contribution in [0.2, 0.25) is 0 Å². The second-order valence-corrected chi connectivity index (χ2v) is 9.19. The van der Waals surface area contributed by atoms with E-state index < -0.39 is 16.9 Å². The normalized spacial score (nSPS) is 12.6. The summed E-state index contributed by atoms with van der Waals surface area (Å²) in [6.45, 7) is 6.58. The number of hydrogen-bond acceptors (Lipinski definition) is 1. The second kappa shape index (κ2) is 7.38. The molecule has 0 fully saturated rings. The van der Waals surface area contributed by atoms with Crippen LogP contribution >= 0.6 is 0 Å². The lowest BCUT2D eigenvalue weighted by atomic mass is 9.87. The van der Waals surface area contributed by atoms with E-state index in [1.165, 1.54) is 5.56 Å². The Morgan fingerprint density at radius 1 is 0.769 bits per heavy atom. The van der Waals surface area contributed by atoms with E-state index in [-0.39, 0.29) is 5.41 Å². The Bertz CT molecular complexity index is 893. The molecule has 3 aromatic rings. The Hall–Kier alpha value is -2.52. The lowest BCUT2D eigenvalue weighted by molar-refractivity contribution is 0.0693. The van der Waals surface area contributed by atoms with Crippen LogP contribution in [0.5, 0.6) is 0 Å². The van der Waals surface area contributed by atoms with Gasteiger partial charge in [-0.25, -0.2) is 4.79 Å². The van der Waals surface area contributed by atoms with Gasteiger partial charge in [0.15, 0.2) is 14.7 Å². The van der Waals surface area contributed by atoms with Gasteiger partial charge in [-0.3, -0.25) is 0 Å². The molecular weight excluding hydrogens is 340 g/mol. The quantitative estimate of drug-likeness (QED) is 0.597. The van der Waals surface area contributed by atoms with Crippen molar-refractivity contribution in [3.63, 3.8) is 0 Å². The predicted octanol–water partition coefficient (Wildman–Crippen LogP) is 5.78. The number of carboxylic acid groups (broad SMARTS) is 1. The zero-order valence-electron chi connectivity index (χ0n) is 15.3. The van der Waals surface area contributed by atoms with Gasteiger partial charge in [0.1, 0.15) is 16.5 Å². The van der Waals surface area contributed by atoms with Gasteiger partial charge < -0.3 is 5.11 Å². The molecule has 1 N–H and O–H groups in total. The van der Waals surface area contributed by atoms with Crippen molar-refractivity contribution in [1.82, 2.24) is 0 Å². The van der Waals surface area contributed by atoms with Crippen LogP contribution in [-0.2, 0) is 16.3 Å². The molecule has 0 spiro atoms. The first kappa shape index (κ1) is 18.3. The summed E-state index contributed by atoms with van der Waals surface area (Å²) in [6.07, 6.45) is 0. The van der Waals surface area contributed by atoms with Gasteiger partial charge in [-0.1, -0.05) is 63.2 Å². The molecule has 0 radical (unpaired) electrons. The highest BCUT2D eigenvalue weighted by atomic mass is 32.2. The van der Waals surface area contributed by atoms with E-state index in [0.29, 0.717) is 5.56 Å². The molecule has 132 valence electrons. The third-order valence-electron chi connectivity index (χ3n) is 4.27. The highest BCUT2D eigenvalue weighted by Crippen LogP contribution is 2.34. The van der Waals surface area contributed by atoms with Gasteiger partial charge in [0.05, 0.1) is 0 Å². The fourth-order valence-corrected chi connectivity index (χ4v) is 5.07. The van der Waals surface area contributed by atoms with Crippen LogP contribution in [0.1, 0.15) is 36.7 Å². The van der Waals surface area contributed by atoms with Gasteiger partial charge in [0.2, 0.25) is 0 Å². The number of aromatic carboxylic acids is 1. The molecule has 3 aromatic carbocycles. The SMILES string of the molecule is CC(C)(C)c1ccc([S+](c2ccccc2)c2ccccc2C(=O)O)cc1. The molecule has 2 nitrogen and oxygen atoms in total. The number of rotatable bonds is 4. The van der Waals surface area contributed by atoms with E-state index in [4.69, 9.17) is 0 Å². The van der Waals surface area contributed by atoms with Crippen LogP contribution in [0.25, 0.3) is 0 Å². The molecule has 0 aliphatic rings. The van der Waals surface area contributed by atoms with Gasteiger partial charge in [-0.15, -0.1) is 0 Å². The highest BCUT2D eigenvalue weighted by Gasteiger charge is 2.33. The van der Waals surface area contributed by atoms with Crippen molar-refractivity contribution >= 4 is 16.9 Å². The Morgan fingerprint density at radius 2 is 1.31 bits per heavy atom. The van der Waals surface area contributed by atoms with E-state index in [1.54, 1.807) is 12.1 Å². The molecule has 0 aliphatic carbocycles. The molecule has 0 bridgehead atoms. The van der Waals surface area contributed by atoms with Crippen LogP contribution in [-0.4, -0.2) is 11.1 Å². The monoisotopic (exact) mass is 363 g/mol. The fraction of sp³-hybridized carbons (Fsp3) is 0.174. The fourth-order valence-electron chi connectivity index (χ4n) is 2.86. The first-order chi connectivity index (χ1) is 12.4. The smallest absolute Gasteiger partial charge is 0.340 e. The van der Waals surface area contributed by atoms with E-state index in [1.807, 2.05) is 30.3 Å². The number of benzene rings is 3. The molecule has 1 unspecified atom stereocenters. The Morgan fingerprint density at radius 3 is 1.88 bits per heavy atom. The first-order valence-electron chi connectivity index (χ1n) is 8.60. The lowest BCUT2D eigenvalue weighted by Crippen LogP contribution is -2.13. The maximum Gasteiger partial charge on any atom is 0.340 e. The number of hydrogen-bond donors (Lipinski definition) is 1. The summed E-state index contributed by atoms with van der Waals surface area (Å²) in [5.74, 6) is -0.889. The summed E-state index contributed by atoms with van der Waals surface area (Å²) in [7, 11) is -0.463. The maximum atomic E-state index is 11.8. The van der Waals surface area contributed by atoms with Gasteiger partial charge in [0, 0.05) is 0 Å². The van der Waals surface area contributed by atoms with Crippen LogP contribution in [0.3, 0.4) is 0 Å². The average Bonchev–Trinajstić information content (AvgIpc) is 2.63. The third kappa shape index (κ3) is 3.83. The minimum absolute atomic E-state index is 0.0862. The van der Waals surface area contributed by atoms with Gasteiger partial charge in [-0.05, 0) is 47.4 Å². The predicted molar refractivity (Wildman–Crippen MR) is 107 cm³/mol. The summed E-state index contributed by atoms with van der Waals surface area (Å²) in [5.41, 5.74) is 1.71. The molecule has 0 saturated carbocycles. The van der Waals surface area contributed by atoms with E-state index >= 15 is 0 Å². The van der Waals surface area contributed by atoms with Crippen molar-refractivity contribution in [2.45, 2.75) is 40.9 Å². The molecule has 0 heterocycles. The minimum Gasteiger partial charge on any atom is -0.478 e. The van der Waals surface area contributed by atoms with Crippen LogP contribution in [0.4, 0.5) is 0 Å². The molecule has 26 heavy (non-hydrogen) atoms. The third-order valence-corrected chi connectivity index (χ3v) is 6.56. The average molecular weight is 364 g/mol. The molecule has 0 aliphatic heterocycles. The molecule has 1 atom stereocenters. The highest BCUT2D eigenvalue weighted by molar-refractivity contribution is 7.97. The van der Waals surface area contributed by atoms with Gasteiger partial charge in [0.25, 0.3) is 0 Å². The minimum atomic E-state index is -0.889. The van der Waals surface area contributed by atoms with Crippen LogP contribution < -0.4 is 0 Å². The summed E-state index contributed by atoms with van der Waals surface area (Å²) >= 11 is 0. The first-order valence-corrected chi connectivity index (χ1v) is 9.82. The molecular formula is C23H23O2S+. The number of carbonyl (C=O) groups is 1. The molecule has 0 aromatic heterocycles. The topological polar surface area (TPSA) is 37.3 Å². The molecule has 0 amide bonds. The Balaban J connectivity index is 2.16. The zero-order valence-corrected chi connectivity index (χ0v) is 16.1. The largest absolute Gasteiger partial charge is 0.478 e. The van der Waals surface area contributed by atoms with Gasteiger partial charge >= 0.3 is 5.97 Å². The van der Waals surface area contributed by atoms with E-state index in [2.05, 4.69) is 57.2 Å². The van der Waals surface area contributed by atoms with Crippen LogP contribution in [0, 0.1) is 0 Å². The molecule has 3 rings (SSSR count). The van der Waals surface area contributed by atoms with Crippen molar-refractivity contribution in [3.05, 3.63) is 90.0 Å². The summed E-state index contributed by atoms with van der Waals surface area (Å²) in [6, 6.07) is 26.0. The Labute approximate surface area is 157 Å². The van der Waals surface area contributed by atoms with Crippen LogP contribution in [0.15, 0.2) is 93.5 Å². The zero-order chi connectivity index (χ0) is 18.7. The van der Waals surface area contributed by atoms with Crippen molar-refractivity contribution < 1.29 is 9.90 Å².